The van der Waals surface area contributed by atoms with Crippen LogP contribution in [0.2, 0.25) is 19.6 Å². The monoisotopic (exact) mass is 642 g/mol. The molecule has 0 aliphatic carbocycles. The lowest BCUT2D eigenvalue weighted by Gasteiger charge is -2.16. The smallest absolute Gasteiger partial charge is 0.183 e. The van der Waals surface area contributed by atoms with Gasteiger partial charge in [0.15, 0.2) is 8.32 Å². The predicted molar refractivity (Wildman–Crippen MR) is 171 cm³/mol. The second-order valence-corrected chi connectivity index (χ2v) is 15.4. The number of rotatable bonds is 38. The van der Waals surface area contributed by atoms with Crippen LogP contribution < -0.4 is 0 Å². The third-order valence-corrected chi connectivity index (χ3v) is 6.82. The van der Waals surface area contributed by atoms with Crippen LogP contribution in [0.1, 0.15) is 45.4 Å². The van der Waals surface area contributed by atoms with Gasteiger partial charge >= 0.3 is 0 Å². The molecule has 0 bridgehead atoms. The maximum atomic E-state index is 5.72. The molecular weight excluding hydrogens is 576 g/mol. The van der Waals surface area contributed by atoms with Crippen molar-refractivity contribution in [2.75, 3.05) is 139 Å². The molecule has 0 N–H and O–H groups in total. The van der Waals surface area contributed by atoms with Crippen molar-refractivity contribution in [1.82, 2.24) is 0 Å². The van der Waals surface area contributed by atoms with Gasteiger partial charge in [0.2, 0.25) is 0 Å². The fraction of sp³-hybridized carbons (Fsp3) is 1.00. The largest absolute Gasteiger partial charge is 0.415 e. The zero-order valence-corrected chi connectivity index (χ0v) is 29.1. The molecule has 0 saturated carbocycles. The van der Waals surface area contributed by atoms with Crippen molar-refractivity contribution in [2.24, 2.45) is 0 Å². The minimum absolute atomic E-state index is 0.527. The van der Waals surface area contributed by atoms with E-state index in [2.05, 4.69) is 26.6 Å². The first kappa shape index (κ1) is 42.8. The van der Waals surface area contributed by atoms with E-state index in [1.807, 2.05) is 0 Å². The van der Waals surface area contributed by atoms with Crippen LogP contribution in [-0.2, 0) is 51.8 Å². The average molecular weight is 643 g/mol. The molecule has 0 atom stereocenters. The van der Waals surface area contributed by atoms with Gasteiger partial charge in [0.25, 0.3) is 0 Å². The van der Waals surface area contributed by atoms with Gasteiger partial charge in [0.05, 0.1) is 132 Å². The number of hydrogen-bond donors (Lipinski definition) is 0. The van der Waals surface area contributed by atoms with Crippen LogP contribution in [0.4, 0.5) is 0 Å². The van der Waals surface area contributed by atoms with Crippen molar-refractivity contribution in [3.05, 3.63) is 0 Å². The second-order valence-electron chi connectivity index (χ2n) is 10.9. The summed E-state index contributed by atoms with van der Waals surface area (Å²) >= 11 is 0. The van der Waals surface area contributed by atoms with Gasteiger partial charge in [-0.05, 0) is 26.1 Å². The average Bonchev–Trinajstić information content (AvgIpc) is 2.98. The van der Waals surface area contributed by atoms with Gasteiger partial charge < -0.3 is 51.8 Å². The molecule has 0 rings (SSSR count). The molecular formula is C31H66O11Si. The van der Waals surface area contributed by atoms with Crippen molar-refractivity contribution in [3.8, 4) is 0 Å². The van der Waals surface area contributed by atoms with Crippen LogP contribution in [0.25, 0.3) is 0 Å². The fourth-order valence-corrected chi connectivity index (χ4v) is 4.17. The molecule has 43 heavy (non-hydrogen) atoms. The van der Waals surface area contributed by atoms with Crippen molar-refractivity contribution in [3.63, 3.8) is 0 Å². The molecule has 0 spiro atoms. The van der Waals surface area contributed by atoms with Crippen LogP contribution in [-0.4, -0.2) is 147 Å². The molecule has 0 fully saturated rings. The van der Waals surface area contributed by atoms with Gasteiger partial charge in [-0.3, -0.25) is 0 Å². The molecule has 0 heterocycles. The van der Waals surface area contributed by atoms with Crippen LogP contribution >= 0.6 is 0 Å². The van der Waals surface area contributed by atoms with Crippen LogP contribution in [0, 0.1) is 0 Å². The van der Waals surface area contributed by atoms with Gasteiger partial charge in [-0.25, -0.2) is 0 Å². The molecule has 0 radical (unpaired) electrons. The first-order valence-corrected chi connectivity index (χ1v) is 19.9. The van der Waals surface area contributed by atoms with Crippen LogP contribution in [0.15, 0.2) is 0 Å². The van der Waals surface area contributed by atoms with E-state index in [4.69, 9.17) is 51.8 Å². The molecule has 0 aromatic carbocycles. The summed E-state index contributed by atoms with van der Waals surface area (Å²) in [6.45, 7) is 20.8. The number of ether oxygens (including phenoxy) is 10. The van der Waals surface area contributed by atoms with Crippen molar-refractivity contribution >= 4 is 8.32 Å². The highest BCUT2D eigenvalue weighted by molar-refractivity contribution is 6.69. The van der Waals surface area contributed by atoms with E-state index in [-0.39, 0.29) is 0 Å². The molecule has 0 amide bonds. The zero-order valence-electron chi connectivity index (χ0n) is 28.1. The Morgan fingerprint density at radius 3 is 0.791 bits per heavy atom. The van der Waals surface area contributed by atoms with Crippen LogP contribution in [0.5, 0.6) is 0 Å². The molecule has 0 saturated heterocycles. The van der Waals surface area contributed by atoms with Gasteiger partial charge in [-0.2, -0.15) is 0 Å². The Labute approximate surface area is 263 Å². The Morgan fingerprint density at radius 2 is 0.512 bits per heavy atom. The Balaban J connectivity index is 3.05. The number of unbranched alkanes of at least 4 members (excludes halogenated alkanes) is 5. The number of hydrogen-bond acceptors (Lipinski definition) is 11. The van der Waals surface area contributed by atoms with Gasteiger partial charge in [0.1, 0.15) is 0 Å². The summed E-state index contributed by atoms with van der Waals surface area (Å²) in [5.74, 6) is 0. The normalized spacial score (nSPS) is 12.0. The maximum absolute atomic E-state index is 5.72. The summed E-state index contributed by atoms with van der Waals surface area (Å²) < 4.78 is 60.7. The highest BCUT2D eigenvalue weighted by atomic mass is 28.4. The summed E-state index contributed by atoms with van der Waals surface area (Å²) in [5, 5.41) is 0. The highest BCUT2D eigenvalue weighted by Gasteiger charge is 2.13. The second kappa shape index (κ2) is 36.2. The fourth-order valence-electron chi connectivity index (χ4n) is 3.47. The molecule has 0 aromatic heterocycles. The lowest BCUT2D eigenvalue weighted by Crippen LogP contribution is -2.27. The first-order valence-electron chi connectivity index (χ1n) is 16.5. The van der Waals surface area contributed by atoms with E-state index < -0.39 is 8.32 Å². The Kier molecular flexibility index (Phi) is 36.1. The van der Waals surface area contributed by atoms with E-state index >= 15 is 0 Å². The molecule has 0 unspecified atom stereocenters. The van der Waals surface area contributed by atoms with E-state index in [1.54, 1.807) is 0 Å². The quantitative estimate of drug-likeness (QED) is 0.0709. The van der Waals surface area contributed by atoms with Crippen molar-refractivity contribution in [2.45, 2.75) is 65.1 Å². The van der Waals surface area contributed by atoms with E-state index in [9.17, 15) is 0 Å². The van der Waals surface area contributed by atoms with E-state index in [0.29, 0.717) is 132 Å². The zero-order chi connectivity index (χ0) is 31.4. The maximum Gasteiger partial charge on any atom is 0.183 e. The third-order valence-electron chi connectivity index (χ3n) is 5.75. The molecule has 12 heteroatoms. The first-order chi connectivity index (χ1) is 21.1. The summed E-state index contributed by atoms with van der Waals surface area (Å²) in [7, 11) is -1.45. The third kappa shape index (κ3) is 41.8. The summed E-state index contributed by atoms with van der Waals surface area (Å²) in [6, 6.07) is 0. The van der Waals surface area contributed by atoms with Gasteiger partial charge in [-0.15, -0.1) is 0 Å². The topological polar surface area (TPSA) is 102 Å². The van der Waals surface area contributed by atoms with E-state index in [0.717, 1.165) is 13.0 Å². The SMILES string of the molecule is CCCCCCCCOCCOCCOCCOCCOCCOCCOCCOCCOCCOCCO[Si](C)(C)C. The highest BCUT2D eigenvalue weighted by Crippen LogP contribution is 2.05. The molecule has 0 aliphatic rings. The minimum atomic E-state index is -1.45. The Morgan fingerprint density at radius 1 is 0.279 bits per heavy atom. The Hall–Kier alpha value is -0.223. The Bertz CT molecular complexity index is 513. The lowest BCUT2D eigenvalue weighted by atomic mass is 10.1. The standard InChI is InChI=1S/C31H66O11Si/c1-5-6-7-8-9-10-11-32-12-13-33-14-15-34-16-17-35-18-19-36-20-21-37-22-23-38-24-25-39-26-27-40-28-29-41-30-31-42-43(2,3)4/h5-31H2,1-4H3. The minimum Gasteiger partial charge on any atom is -0.415 e. The van der Waals surface area contributed by atoms with Gasteiger partial charge in [0, 0.05) is 6.61 Å². The van der Waals surface area contributed by atoms with Crippen molar-refractivity contribution in [1.29, 1.82) is 0 Å². The molecule has 11 nitrogen and oxygen atoms in total. The molecule has 260 valence electrons. The lowest BCUT2D eigenvalue weighted by molar-refractivity contribution is -0.0267. The van der Waals surface area contributed by atoms with Crippen LogP contribution in [0.3, 0.4) is 0 Å². The van der Waals surface area contributed by atoms with E-state index in [1.165, 1.54) is 32.1 Å². The van der Waals surface area contributed by atoms with Crippen molar-refractivity contribution < 1.29 is 51.8 Å². The molecule has 0 aliphatic heterocycles. The summed E-state index contributed by atoms with van der Waals surface area (Å²) in [5.41, 5.74) is 0. The summed E-state index contributed by atoms with van der Waals surface area (Å²) in [6.07, 6.45) is 7.70. The predicted octanol–water partition coefficient (Wildman–Crippen LogP) is 4.36. The molecule has 0 aromatic rings. The van der Waals surface area contributed by atoms with Gasteiger partial charge in [-0.1, -0.05) is 39.0 Å². The summed E-state index contributed by atoms with van der Waals surface area (Å²) in [4.78, 5) is 0.